The van der Waals surface area contributed by atoms with Gasteiger partial charge >= 0.3 is 0 Å². The molecule has 1 aliphatic rings. The van der Waals surface area contributed by atoms with Gasteiger partial charge in [-0.25, -0.2) is 9.37 Å². The summed E-state index contributed by atoms with van der Waals surface area (Å²) in [6.07, 6.45) is 0. The number of likely N-dealkylation sites (N-methyl/N-ethyl adjacent to an activating group) is 1. The number of fused-ring (bicyclic) bond motifs is 1. The Balaban J connectivity index is 1.70. The third kappa shape index (κ3) is 2.97. The van der Waals surface area contributed by atoms with E-state index in [0.717, 1.165) is 18.7 Å². The third-order valence-corrected chi connectivity index (χ3v) is 5.15. The van der Waals surface area contributed by atoms with Crippen LogP contribution in [-0.2, 0) is 0 Å². The number of halogens is 1. The monoisotopic (exact) mass is 352 g/mol. The van der Waals surface area contributed by atoms with Crippen molar-refractivity contribution in [1.82, 2.24) is 14.9 Å². The van der Waals surface area contributed by atoms with Gasteiger partial charge in [0.15, 0.2) is 0 Å². The van der Waals surface area contributed by atoms with Crippen LogP contribution in [-0.4, -0.2) is 48.1 Å². The van der Waals surface area contributed by atoms with Crippen molar-refractivity contribution in [2.75, 3.05) is 32.1 Å². The SMILES string of the molecule is CN(C)[C@@H]1CN(c2nc3ccccc3c(=O)[nH]2)C[C@@H]1c1ccc(F)cc1. The van der Waals surface area contributed by atoms with Gasteiger partial charge < -0.3 is 9.80 Å². The molecular weight excluding hydrogens is 331 g/mol. The number of nitrogens with zero attached hydrogens (tertiary/aromatic N) is 3. The van der Waals surface area contributed by atoms with E-state index in [9.17, 15) is 9.18 Å². The molecule has 1 aliphatic heterocycles. The Morgan fingerprint density at radius 3 is 2.58 bits per heavy atom. The molecule has 0 bridgehead atoms. The molecular formula is C20H21FN4O. The van der Waals surface area contributed by atoms with Gasteiger partial charge in [-0.2, -0.15) is 0 Å². The van der Waals surface area contributed by atoms with Crippen molar-refractivity contribution in [3.05, 3.63) is 70.3 Å². The average Bonchev–Trinajstić information content (AvgIpc) is 3.08. The van der Waals surface area contributed by atoms with E-state index < -0.39 is 0 Å². The summed E-state index contributed by atoms with van der Waals surface area (Å²) < 4.78 is 13.3. The molecule has 0 spiro atoms. The Bertz CT molecular complexity index is 983. The largest absolute Gasteiger partial charge is 0.340 e. The highest BCUT2D eigenvalue weighted by atomic mass is 19.1. The quantitative estimate of drug-likeness (QED) is 0.787. The molecule has 1 saturated heterocycles. The predicted octanol–water partition coefficient (Wildman–Crippen LogP) is 2.60. The Labute approximate surface area is 151 Å². The highest BCUT2D eigenvalue weighted by molar-refractivity contribution is 5.78. The van der Waals surface area contributed by atoms with Crippen LogP contribution in [0, 0.1) is 5.82 Å². The molecule has 0 saturated carbocycles. The van der Waals surface area contributed by atoms with Crippen molar-refractivity contribution in [3.8, 4) is 0 Å². The zero-order valence-electron chi connectivity index (χ0n) is 14.8. The Hall–Kier alpha value is -2.73. The summed E-state index contributed by atoms with van der Waals surface area (Å²) in [5.74, 6) is 0.568. The van der Waals surface area contributed by atoms with Crippen molar-refractivity contribution in [2.45, 2.75) is 12.0 Å². The molecule has 2 aromatic carbocycles. The molecule has 0 aliphatic carbocycles. The number of hydrogen-bond acceptors (Lipinski definition) is 4. The van der Waals surface area contributed by atoms with Crippen LogP contribution >= 0.6 is 0 Å². The molecule has 1 N–H and O–H groups in total. The van der Waals surface area contributed by atoms with Crippen LogP contribution < -0.4 is 10.5 Å². The topological polar surface area (TPSA) is 52.2 Å². The third-order valence-electron chi connectivity index (χ3n) is 5.15. The fourth-order valence-corrected chi connectivity index (χ4v) is 3.74. The number of H-pyrrole nitrogens is 1. The van der Waals surface area contributed by atoms with Crippen molar-refractivity contribution < 1.29 is 4.39 Å². The van der Waals surface area contributed by atoms with E-state index in [1.165, 1.54) is 12.1 Å². The summed E-state index contributed by atoms with van der Waals surface area (Å²) in [6, 6.07) is 14.3. The lowest BCUT2D eigenvalue weighted by Crippen LogP contribution is -2.35. The Morgan fingerprint density at radius 1 is 1.12 bits per heavy atom. The second kappa shape index (κ2) is 6.53. The van der Waals surface area contributed by atoms with Crippen molar-refractivity contribution in [3.63, 3.8) is 0 Å². The van der Waals surface area contributed by atoms with Gasteiger partial charge in [0.2, 0.25) is 5.95 Å². The Kier molecular flexibility index (Phi) is 4.20. The molecule has 0 unspecified atom stereocenters. The van der Waals surface area contributed by atoms with E-state index in [1.807, 2.05) is 44.4 Å². The van der Waals surface area contributed by atoms with Gasteiger partial charge in [-0.15, -0.1) is 0 Å². The van der Waals surface area contributed by atoms with Crippen LogP contribution in [0.25, 0.3) is 10.9 Å². The normalized spacial score (nSPS) is 20.2. The van der Waals surface area contributed by atoms with Crippen LogP contribution in [0.3, 0.4) is 0 Å². The number of hydrogen-bond donors (Lipinski definition) is 1. The summed E-state index contributed by atoms with van der Waals surface area (Å²) >= 11 is 0. The number of benzene rings is 2. The highest BCUT2D eigenvalue weighted by Crippen LogP contribution is 2.32. The van der Waals surface area contributed by atoms with E-state index >= 15 is 0 Å². The summed E-state index contributed by atoms with van der Waals surface area (Å²) in [5, 5.41) is 0.592. The number of aromatic amines is 1. The minimum Gasteiger partial charge on any atom is -0.340 e. The van der Waals surface area contributed by atoms with E-state index in [4.69, 9.17) is 0 Å². The number of rotatable bonds is 3. The standard InChI is InChI=1S/C20H21FN4O/c1-24(2)18-12-25(11-16(18)13-7-9-14(21)10-8-13)20-22-17-6-4-3-5-15(17)19(26)23-20/h3-10,16,18H,11-12H2,1-2H3,(H,22,23,26)/t16-,18-/m1/s1. The minimum absolute atomic E-state index is 0.128. The molecule has 134 valence electrons. The number of nitrogens with one attached hydrogen (secondary N) is 1. The molecule has 1 fully saturated rings. The van der Waals surface area contributed by atoms with E-state index in [0.29, 0.717) is 16.9 Å². The first-order chi connectivity index (χ1) is 12.5. The maximum atomic E-state index is 13.3. The molecule has 26 heavy (non-hydrogen) atoms. The summed E-state index contributed by atoms with van der Waals surface area (Å²) in [6.45, 7) is 1.46. The van der Waals surface area contributed by atoms with Crippen molar-refractivity contribution in [2.24, 2.45) is 0 Å². The molecule has 3 aromatic rings. The highest BCUT2D eigenvalue weighted by Gasteiger charge is 2.36. The lowest BCUT2D eigenvalue weighted by Gasteiger charge is -2.25. The molecule has 5 nitrogen and oxygen atoms in total. The summed E-state index contributed by atoms with van der Waals surface area (Å²) in [4.78, 5) is 24.2. The second-order valence-electron chi connectivity index (χ2n) is 7.00. The van der Waals surface area contributed by atoms with Crippen LogP contribution in [0.5, 0.6) is 0 Å². The smallest absolute Gasteiger partial charge is 0.260 e. The fourth-order valence-electron chi connectivity index (χ4n) is 3.74. The molecule has 2 heterocycles. The van der Waals surface area contributed by atoms with Gasteiger partial charge in [0.25, 0.3) is 5.56 Å². The van der Waals surface area contributed by atoms with Crippen LogP contribution in [0.15, 0.2) is 53.3 Å². The van der Waals surface area contributed by atoms with E-state index in [1.54, 1.807) is 6.07 Å². The lowest BCUT2D eigenvalue weighted by molar-refractivity contribution is 0.292. The maximum absolute atomic E-state index is 13.3. The van der Waals surface area contributed by atoms with Crippen LogP contribution in [0.2, 0.25) is 0 Å². The van der Waals surface area contributed by atoms with E-state index in [-0.39, 0.29) is 23.3 Å². The maximum Gasteiger partial charge on any atom is 0.260 e. The van der Waals surface area contributed by atoms with E-state index in [2.05, 4.69) is 19.8 Å². The summed E-state index contributed by atoms with van der Waals surface area (Å²) in [5.41, 5.74) is 1.66. The first kappa shape index (κ1) is 16.7. The molecule has 0 radical (unpaired) electrons. The zero-order chi connectivity index (χ0) is 18.3. The van der Waals surface area contributed by atoms with Gasteiger partial charge in [-0.3, -0.25) is 9.78 Å². The van der Waals surface area contributed by atoms with Crippen LogP contribution in [0.1, 0.15) is 11.5 Å². The fraction of sp³-hybridized carbons (Fsp3) is 0.300. The van der Waals surface area contributed by atoms with Gasteiger partial charge in [0.1, 0.15) is 5.82 Å². The predicted molar refractivity (Wildman–Crippen MR) is 101 cm³/mol. The molecule has 1 aromatic heterocycles. The van der Waals surface area contributed by atoms with Gasteiger partial charge in [0.05, 0.1) is 10.9 Å². The van der Waals surface area contributed by atoms with Gasteiger partial charge in [-0.05, 0) is 43.9 Å². The molecule has 0 amide bonds. The number of anilines is 1. The zero-order valence-corrected chi connectivity index (χ0v) is 14.8. The molecule has 2 atom stereocenters. The molecule has 6 heteroatoms. The lowest BCUT2D eigenvalue weighted by atomic mass is 9.94. The first-order valence-corrected chi connectivity index (χ1v) is 8.69. The Morgan fingerprint density at radius 2 is 1.85 bits per heavy atom. The second-order valence-corrected chi connectivity index (χ2v) is 7.00. The van der Waals surface area contributed by atoms with Gasteiger partial charge in [0, 0.05) is 25.0 Å². The van der Waals surface area contributed by atoms with Gasteiger partial charge in [-0.1, -0.05) is 24.3 Å². The van der Waals surface area contributed by atoms with Crippen molar-refractivity contribution in [1.29, 1.82) is 0 Å². The first-order valence-electron chi connectivity index (χ1n) is 8.69. The number of para-hydroxylation sites is 1. The van der Waals surface area contributed by atoms with Crippen molar-refractivity contribution >= 4 is 16.9 Å². The minimum atomic E-state index is -0.231. The van der Waals surface area contributed by atoms with Crippen LogP contribution in [0.4, 0.5) is 10.3 Å². The summed E-state index contributed by atoms with van der Waals surface area (Å²) in [7, 11) is 4.09. The number of aromatic nitrogens is 2. The average molecular weight is 352 g/mol. The molecule has 4 rings (SSSR count).